The molecule has 20 heavy (non-hydrogen) atoms. The summed E-state index contributed by atoms with van der Waals surface area (Å²) in [6, 6.07) is 4.53. The van der Waals surface area contributed by atoms with Crippen molar-refractivity contribution in [3.05, 3.63) is 29.0 Å². The smallest absolute Gasteiger partial charge is 0.124 e. The quantitative estimate of drug-likeness (QED) is 0.749. The highest BCUT2D eigenvalue weighted by Gasteiger charge is 2.29. The van der Waals surface area contributed by atoms with Gasteiger partial charge in [-0.2, -0.15) is 0 Å². The molecule has 0 aromatic heterocycles. The van der Waals surface area contributed by atoms with Crippen LogP contribution >= 0.6 is 11.6 Å². The SMILES string of the molecule is CC(C)(C)C1CCC(CNc2ccc(F)cc2Cl)CC1. The number of benzene rings is 1. The van der Waals surface area contributed by atoms with Crippen LogP contribution in [0.4, 0.5) is 10.1 Å². The van der Waals surface area contributed by atoms with Gasteiger partial charge in [0.1, 0.15) is 5.82 Å². The zero-order chi connectivity index (χ0) is 14.8. The van der Waals surface area contributed by atoms with Gasteiger partial charge in [-0.25, -0.2) is 4.39 Å². The van der Waals surface area contributed by atoms with Crippen LogP contribution in [0.1, 0.15) is 46.5 Å². The Morgan fingerprint density at radius 3 is 2.40 bits per heavy atom. The van der Waals surface area contributed by atoms with Crippen molar-refractivity contribution in [2.24, 2.45) is 17.3 Å². The van der Waals surface area contributed by atoms with Gasteiger partial charge >= 0.3 is 0 Å². The highest BCUT2D eigenvalue weighted by atomic mass is 35.5. The van der Waals surface area contributed by atoms with Crippen LogP contribution in [0.2, 0.25) is 5.02 Å². The fraction of sp³-hybridized carbons (Fsp3) is 0.647. The summed E-state index contributed by atoms with van der Waals surface area (Å²) in [7, 11) is 0. The molecule has 1 aliphatic rings. The molecule has 1 aliphatic carbocycles. The first kappa shape index (κ1) is 15.6. The summed E-state index contributed by atoms with van der Waals surface area (Å²) in [6.07, 6.45) is 5.17. The van der Waals surface area contributed by atoms with E-state index in [1.54, 1.807) is 6.07 Å². The molecule has 0 atom stereocenters. The number of hydrogen-bond donors (Lipinski definition) is 1. The second kappa shape index (κ2) is 6.34. The lowest BCUT2D eigenvalue weighted by atomic mass is 9.70. The first-order valence-electron chi connectivity index (χ1n) is 7.55. The molecule has 112 valence electrons. The van der Waals surface area contributed by atoms with Crippen LogP contribution in [0.5, 0.6) is 0 Å². The highest BCUT2D eigenvalue weighted by molar-refractivity contribution is 6.33. The third kappa shape index (κ3) is 4.12. The van der Waals surface area contributed by atoms with Crippen molar-refractivity contribution >= 4 is 17.3 Å². The predicted octanol–water partition coefficient (Wildman–Crippen LogP) is 5.74. The van der Waals surface area contributed by atoms with E-state index in [0.29, 0.717) is 16.4 Å². The summed E-state index contributed by atoms with van der Waals surface area (Å²) in [5, 5.41) is 3.83. The summed E-state index contributed by atoms with van der Waals surface area (Å²) in [6.45, 7) is 7.96. The van der Waals surface area contributed by atoms with E-state index in [2.05, 4.69) is 26.1 Å². The van der Waals surface area contributed by atoms with Gasteiger partial charge in [-0.1, -0.05) is 32.4 Å². The van der Waals surface area contributed by atoms with Crippen molar-refractivity contribution in [3.63, 3.8) is 0 Å². The molecule has 1 aromatic carbocycles. The van der Waals surface area contributed by atoms with Crippen LogP contribution in [-0.2, 0) is 0 Å². The predicted molar refractivity (Wildman–Crippen MR) is 84.8 cm³/mol. The first-order chi connectivity index (χ1) is 9.36. The van der Waals surface area contributed by atoms with Gasteiger partial charge in [-0.05, 0) is 61.1 Å². The van der Waals surface area contributed by atoms with Crippen molar-refractivity contribution in [2.75, 3.05) is 11.9 Å². The lowest BCUT2D eigenvalue weighted by molar-refractivity contribution is 0.153. The van der Waals surface area contributed by atoms with Crippen molar-refractivity contribution < 1.29 is 4.39 Å². The Kier molecular flexibility index (Phi) is 4.95. The highest BCUT2D eigenvalue weighted by Crippen LogP contribution is 2.39. The largest absolute Gasteiger partial charge is 0.384 e. The van der Waals surface area contributed by atoms with E-state index in [-0.39, 0.29) is 5.82 Å². The van der Waals surface area contributed by atoms with Gasteiger partial charge in [0.2, 0.25) is 0 Å². The third-order valence-corrected chi connectivity index (χ3v) is 4.90. The van der Waals surface area contributed by atoms with E-state index >= 15 is 0 Å². The Bertz CT molecular complexity index is 445. The van der Waals surface area contributed by atoms with Gasteiger partial charge in [0.15, 0.2) is 0 Å². The van der Waals surface area contributed by atoms with Crippen LogP contribution in [0.15, 0.2) is 18.2 Å². The minimum atomic E-state index is -0.286. The Morgan fingerprint density at radius 1 is 1.20 bits per heavy atom. The third-order valence-electron chi connectivity index (χ3n) is 4.58. The summed E-state index contributed by atoms with van der Waals surface area (Å²) < 4.78 is 13.0. The zero-order valence-corrected chi connectivity index (χ0v) is 13.4. The van der Waals surface area contributed by atoms with E-state index in [1.165, 1.54) is 37.8 Å². The molecule has 0 aliphatic heterocycles. The van der Waals surface area contributed by atoms with E-state index < -0.39 is 0 Å². The number of rotatable bonds is 3. The van der Waals surface area contributed by atoms with E-state index in [0.717, 1.165) is 18.2 Å². The number of nitrogens with one attached hydrogen (secondary N) is 1. The molecule has 0 unspecified atom stereocenters. The molecular weight excluding hydrogens is 273 g/mol. The maximum Gasteiger partial charge on any atom is 0.124 e. The average Bonchev–Trinajstić information content (AvgIpc) is 2.37. The molecule has 1 aromatic rings. The first-order valence-corrected chi connectivity index (χ1v) is 7.93. The lowest BCUT2D eigenvalue weighted by Gasteiger charge is -2.37. The average molecular weight is 298 g/mol. The fourth-order valence-corrected chi connectivity index (χ4v) is 3.35. The molecule has 2 rings (SSSR count). The molecule has 0 heterocycles. The topological polar surface area (TPSA) is 12.0 Å². The van der Waals surface area contributed by atoms with Crippen LogP contribution in [0.3, 0.4) is 0 Å². The van der Waals surface area contributed by atoms with E-state index in [4.69, 9.17) is 11.6 Å². The van der Waals surface area contributed by atoms with Crippen LogP contribution in [0, 0.1) is 23.1 Å². The van der Waals surface area contributed by atoms with Crippen molar-refractivity contribution in [2.45, 2.75) is 46.5 Å². The van der Waals surface area contributed by atoms with E-state index in [9.17, 15) is 4.39 Å². The normalized spacial score (nSPS) is 23.6. The molecule has 0 spiro atoms. The second-order valence-electron chi connectivity index (χ2n) is 7.09. The minimum Gasteiger partial charge on any atom is -0.384 e. The minimum absolute atomic E-state index is 0.286. The fourth-order valence-electron chi connectivity index (χ4n) is 3.12. The molecule has 1 saturated carbocycles. The number of halogens is 2. The van der Waals surface area contributed by atoms with Crippen molar-refractivity contribution in [3.8, 4) is 0 Å². The van der Waals surface area contributed by atoms with Crippen LogP contribution in [0.25, 0.3) is 0 Å². The zero-order valence-electron chi connectivity index (χ0n) is 12.7. The molecule has 0 amide bonds. The summed E-state index contributed by atoms with van der Waals surface area (Å²) >= 11 is 6.03. The van der Waals surface area contributed by atoms with E-state index in [1.807, 2.05) is 0 Å². The monoisotopic (exact) mass is 297 g/mol. The molecule has 0 bridgehead atoms. The van der Waals surface area contributed by atoms with Crippen molar-refractivity contribution in [1.29, 1.82) is 0 Å². The molecular formula is C17H25ClFN. The molecule has 1 nitrogen and oxygen atoms in total. The number of anilines is 1. The lowest BCUT2D eigenvalue weighted by Crippen LogP contribution is -2.28. The van der Waals surface area contributed by atoms with Gasteiger partial charge in [0, 0.05) is 6.54 Å². The van der Waals surface area contributed by atoms with Gasteiger partial charge < -0.3 is 5.32 Å². The van der Waals surface area contributed by atoms with Gasteiger partial charge in [0.25, 0.3) is 0 Å². The summed E-state index contributed by atoms with van der Waals surface area (Å²) in [5.41, 5.74) is 1.27. The Balaban J connectivity index is 1.82. The second-order valence-corrected chi connectivity index (χ2v) is 7.50. The Morgan fingerprint density at radius 2 is 1.85 bits per heavy atom. The van der Waals surface area contributed by atoms with Crippen molar-refractivity contribution in [1.82, 2.24) is 0 Å². The standard InChI is InChI=1S/C17H25ClFN/c1-17(2,3)13-6-4-12(5-7-13)11-20-16-9-8-14(19)10-15(16)18/h8-10,12-13,20H,4-7,11H2,1-3H3. The summed E-state index contributed by atoms with van der Waals surface area (Å²) in [5.74, 6) is 1.26. The molecule has 3 heteroatoms. The summed E-state index contributed by atoms with van der Waals surface area (Å²) in [4.78, 5) is 0. The van der Waals surface area contributed by atoms with Crippen LogP contribution in [-0.4, -0.2) is 6.54 Å². The molecule has 0 radical (unpaired) electrons. The van der Waals surface area contributed by atoms with Gasteiger partial charge in [-0.3, -0.25) is 0 Å². The molecule has 1 N–H and O–H groups in total. The maximum absolute atomic E-state index is 13.0. The molecule has 0 saturated heterocycles. The Labute approximate surface area is 126 Å². The van der Waals surface area contributed by atoms with Gasteiger partial charge in [0.05, 0.1) is 10.7 Å². The molecule has 1 fully saturated rings. The Hall–Kier alpha value is -0.760. The number of hydrogen-bond acceptors (Lipinski definition) is 1. The van der Waals surface area contributed by atoms with Crippen LogP contribution < -0.4 is 5.32 Å². The van der Waals surface area contributed by atoms with Gasteiger partial charge in [-0.15, -0.1) is 0 Å². The maximum atomic E-state index is 13.0.